The molecule has 0 saturated carbocycles. The second kappa shape index (κ2) is 7.80. The zero-order valence-electron chi connectivity index (χ0n) is 14.7. The molecule has 3 aromatic rings. The highest BCUT2D eigenvalue weighted by Crippen LogP contribution is 2.28. The predicted molar refractivity (Wildman–Crippen MR) is 107 cm³/mol. The van der Waals surface area contributed by atoms with Gasteiger partial charge in [0, 0.05) is 24.1 Å². The molecular weight excluding hydrogens is 358 g/mol. The van der Waals surface area contributed by atoms with E-state index in [0.29, 0.717) is 23.1 Å². The van der Waals surface area contributed by atoms with Gasteiger partial charge in [0.1, 0.15) is 0 Å². The van der Waals surface area contributed by atoms with Crippen molar-refractivity contribution in [3.63, 3.8) is 0 Å². The summed E-state index contributed by atoms with van der Waals surface area (Å²) in [6.07, 6.45) is 0.986. The Bertz CT molecular complexity index is 1020. The van der Waals surface area contributed by atoms with Gasteiger partial charge < -0.3 is 9.88 Å². The fraction of sp³-hybridized carbons (Fsp3) is 0.190. The van der Waals surface area contributed by atoms with Crippen LogP contribution in [0.25, 0.3) is 0 Å². The molecule has 0 bridgehead atoms. The van der Waals surface area contributed by atoms with Crippen LogP contribution in [0.3, 0.4) is 0 Å². The van der Waals surface area contributed by atoms with Crippen LogP contribution in [0.2, 0.25) is 0 Å². The number of nitrogens with zero attached hydrogens (tertiary/aromatic N) is 2. The van der Waals surface area contributed by atoms with E-state index < -0.39 is 0 Å². The molecule has 2 heterocycles. The summed E-state index contributed by atoms with van der Waals surface area (Å²) >= 11 is 1.46. The predicted octanol–water partition coefficient (Wildman–Crippen LogP) is 3.19. The number of H-pyrrole nitrogens is 1. The number of rotatable bonds is 5. The van der Waals surface area contributed by atoms with Gasteiger partial charge in [-0.3, -0.25) is 9.59 Å². The standard InChI is InChI=1S/C21H19N3O2S/c25-19-12-17(22-21(23-19)27-14-15-6-2-1-3-7-15)13-20(26)24-11-10-16-8-4-5-9-18(16)24/h1-9,12H,10-11,13-14H2,(H,22,23,25). The SMILES string of the molecule is O=C(Cc1cc(=O)[nH]c(SCc2ccccc2)n1)N1CCc2ccccc21. The van der Waals surface area contributed by atoms with Gasteiger partial charge in [-0.2, -0.15) is 0 Å². The lowest BCUT2D eigenvalue weighted by Crippen LogP contribution is -2.31. The lowest BCUT2D eigenvalue weighted by Gasteiger charge is -2.17. The molecule has 0 atom stereocenters. The van der Waals surface area contributed by atoms with Crippen molar-refractivity contribution in [3.05, 3.63) is 87.8 Å². The Balaban J connectivity index is 1.47. The molecule has 0 unspecified atom stereocenters. The fourth-order valence-electron chi connectivity index (χ4n) is 3.22. The van der Waals surface area contributed by atoms with E-state index in [9.17, 15) is 9.59 Å². The monoisotopic (exact) mass is 377 g/mol. The van der Waals surface area contributed by atoms with E-state index in [1.54, 1.807) is 4.90 Å². The summed E-state index contributed by atoms with van der Waals surface area (Å²) in [5.41, 5.74) is 3.57. The van der Waals surface area contributed by atoms with Crippen LogP contribution in [0.1, 0.15) is 16.8 Å². The first-order valence-electron chi connectivity index (χ1n) is 8.84. The van der Waals surface area contributed by atoms with Gasteiger partial charge in [0.25, 0.3) is 5.56 Å². The highest BCUT2D eigenvalue weighted by atomic mass is 32.2. The molecule has 1 N–H and O–H groups in total. The topological polar surface area (TPSA) is 66.1 Å². The lowest BCUT2D eigenvalue weighted by molar-refractivity contribution is -0.117. The van der Waals surface area contributed by atoms with Gasteiger partial charge in [-0.05, 0) is 23.6 Å². The zero-order valence-corrected chi connectivity index (χ0v) is 15.5. The Labute approximate surface area is 161 Å². The van der Waals surface area contributed by atoms with Crippen molar-refractivity contribution in [1.29, 1.82) is 0 Å². The van der Waals surface area contributed by atoms with Gasteiger partial charge in [-0.15, -0.1) is 0 Å². The van der Waals surface area contributed by atoms with Gasteiger partial charge in [0.05, 0.1) is 12.1 Å². The molecule has 0 saturated heterocycles. The molecule has 0 spiro atoms. The van der Waals surface area contributed by atoms with Crippen molar-refractivity contribution in [1.82, 2.24) is 9.97 Å². The Hall–Kier alpha value is -2.86. The third kappa shape index (κ3) is 4.11. The minimum atomic E-state index is -0.231. The maximum absolute atomic E-state index is 12.7. The number of aromatic nitrogens is 2. The second-order valence-corrected chi connectivity index (χ2v) is 7.38. The van der Waals surface area contributed by atoms with Gasteiger partial charge in [0.2, 0.25) is 5.91 Å². The number of hydrogen-bond acceptors (Lipinski definition) is 4. The first-order valence-corrected chi connectivity index (χ1v) is 9.83. The van der Waals surface area contributed by atoms with Crippen LogP contribution in [-0.4, -0.2) is 22.4 Å². The van der Waals surface area contributed by atoms with Crippen LogP contribution in [-0.2, 0) is 23.4 Å². The molecule has 0 fully saturated rings. The Kier molecular flexibility index (Phi) is 5.07. The zero-order chi connectivity index (χ0) is 18.6. The Morgan fingerprint density at radius 3 is 2.74 bits per heavy atom. The third-order valence-electron chi connectivity index (χ3n) is 4.51. The van der Waals surface area contributed by atoms with Crippen LogP contribution < -0.4 is 10.5 Å². The fourth-order valence-corrected chi connectivity index (χ4v) is 4.07. The molecule has 4 rings (SSSR count). The minimum absolute atomic E-state index is 0.0305. The summed E-state index contributed by atoms with van der Waals surface area (Å²) in [5, 5.41) is 0.538. The number of para-hydroxylation sites is 1. The van der Waals surface area contributed by atoms with E-state index in [-0.39, 0.29) is 17.9 Å². The summed E-state index contributed by atoms with van der Waals surface area (Å²) in [6, 6.07) is 19.3. The molecule has 2 aromatic carbocycles. The molecule has 1 aliphatic heterocycles. The number of nitrogens with one attached hydrogen (secondary N) is 1. The van der Waals surface area contributed by atoms with Crippen LogP contribution >= 0.6 is 11.8 Å². The second-order valence-electron chi connectivity index (χ2n) is 6.42. The number of thioether (sulfide) groups is 1. The maximum Gasteiger partial charge on any atom is 0.251 e. The van der Waals surface area contributed by atoms with Crippen molar-refractivity contribution < 1.29 is 4.79 Å². The first-order chi connectivity index (χ1) is 13.2. The largest absolute Gasteiger partial charge is 0.311 e. The number of aromatic amines is 1. The number of fused-ring (bicyclic) bond motifs is 1. The van der Waals surface area contributed by atoms with Gasteiger partial charge in [-0.25, -0.2) is 4.98 Å². The van der Waals surface area contributed by atoms with Crippen LogP contribution in [0.5, 0.6) is 0 Å². The van der Waals surface area contributed by atoms with Crippen molar-refractivity contribution in [2.75, 3.05) is 11.4 Å². The lowest BCUT2D eigenvalue weighted by atomic mass is 10.2. The summed E-state index contributed by atoms with van der Waals surface area (Å²) in [7, 11) is 0. The van der Waals surface area contributed by atoms with Gasteiger partial charge >= 0.3 is 0 Å². The quantitative estimate of drug-likeness (QED) is 0.548. The normalized spacial score (nSPS) is 12.8. The van der Waals surface area contributed by atoms with E-state index in [4.69, 9.17) is 0 Å². The average molecular weight is 377 g/mol. The van der Waals surface area contributed by atoms with E-state index in [1.807, 2.05) is 54.6 Å². The van der Waals surface area contributed by atoms with Crippen molar-refractivity contribution in [2.24, 2.45) is 0 Å². The maximum atomic E-state index is 12.7. The molecule has 1 aliphatic rings. The number of anilines is 1. The van der Waals surface area contributed by atoms with E-state index in [2.05, 4.69) is 9.97 Å². The van der Waals surface area contributed by atoms with Crippen LogP contribution in [0.15, 0.2) is 70.6 Å². The summed E-state index contributed by atoms with van der Waals surface area (Å²) in [4.78, 5) is 33.7. The molecule has 0 aliphatic carbocycles. The summed E-state index contributed by atoms with van der Waals surface area (Å²) < 4.78 is 0. The average Bonchev–Trinajstić information content (AvgIpc) is 3.11. The van der Waals surface area contributed by atoms with Crippen molar-refractivity contribution in [3.8, 4) is 0 Å². The number of hydrogen-bond donors (Lipinski definition) is 1. The third-order valence-corrected chi connectivity index (χ3v) is 5.46. The van der Waals surface area contributed by atoms with Crippen molar-refractivity contribution >= 4 is 23.4 Å². The highest BCUT2D eigenvalue weighted by Gasteiger charge is 2.24. The minimum Gasteiger partial charge on any atom is -0.311 e. The van der Waals surface area contributed by atoms with Crippen molar-refractivity contribution in [2.45, 2.75) is 23.8 Å². The van der Waals surface area contributed by atoms with E-state index in [0.717, 1.165) is 17.7 Å². The number of amides is 1. The number of benzene rings is 2. The summed E-state index contributed by atoms with van der Waals surface area (Å²) in [5.74, 6) is 0.679. The molecule has 6 heteroatoms. The molecule has 136 valence electrons. The van der Waals surface area contributed by atoms with Crippen LogP contribution in [0.4, 0.5) is 5.69 Å². The molecule has 1 amide bonds. The number of carbonyl (C=O) groups excluding carboxylic acids is 1. The first kappa shape index (κ1) is 17.5. The molecule has 27 heavy (non-hydrogen) atoms. The summed E-state index contributed by atoms with van der Waals surface area (Å²) in [6.45, 7) is 0.678. The smallest absolute Gasteiger partial charge is 0.251 e. The Morgan fingerprint density at radius 2 is 1.89 bits per heavy atom. The Morgan fingerprint density at radius 1 is 1.11 bits per heavy atom. The molecule has 0 radical (unpaired) electrons. The highest BCUT2D eigenvalue weighted by molar-refractivity contribution is 7.98. The van der Waals surface area contributed by atoms with E-state index >= 15 is 0 Å². The molecular formula is C21H19N3O2S. The number of carbonyl (C=O) groups is 1. The van der Waals surface area contributed by atoms with Gasteiger partial charge in [-0.1, -0.05) is 60.3 Å². The van der Waals surface area contributed by atoms with Crippen LogP contribution in [0, 0.1) is 0 Å². The van der Waals surface area contributed by atoms with E-state index in [1.165, 1.54) is 23.4 Å². The van der Waals surface area contributed by atoms with Gasteiger partial charge in [0.15, 0.2) is 5.16 Å². The molecule has 1 aromatic heterocycles. The molecule has 5 nitrogen and oxygen atoms in total.